The molecule has 1 aromatic rings. The quantitative estimate of drug-likeness (QED) is 0.744. The van der Waals surface area contributed by atoms with Crippen molar-refractivity contribution in [3.05, 3.63) is 59.2 Å². The van der Waals surface area contributed by atoms with Crippen molar-refractivity contribution in [1.29, 1.82) is 0 Å². The molecule has 118 valence electrons. The van der Waals surface area contributed by atoms with E-state index in [4.69, 9.17) is 4.74 Å². The minimum Gasteiger partial charge on any atom is -0.508 e. The van der Waals surface area contributed by atoms with Crippen LogP contribution in [-0.4, -0.2) is 17.8 Å². The molecular weight excluding hydrogens is 272 g/mol. The van der Waals surface area contributed by atoms with Crippen LogP contribution in [0.15, 0.2) is 53.6 Å². The van der Waals surface area contributed by atoms with Gasteiger partial charge in [-0.1, -0.05) is 49.8 Å². The molecule has 0 bridgehead atoms. The van der Waals surface area contributed by atoms with Gasteiger partial charge in [-0.3, -0.25) is 0 Å². The van der Waals surface area contributed by atoms with Crippen LogP contribution in [0, 0.1) is 0 Å². The lowest BCUT2D eigenvalue weighted by molar-refractivity contribution is 0.116. The van der Waals surface area contributed by atoms with Crippen LogP contribution < -0.4 is 0 Å². The van der Waals surface area contributed by atoms with Gasteiger partial charge in [0.2, 0.25) is 0 Å². The lowest BCUT2D eigenvalue weighted by atomic mass is 9.95. The Hall–Kier alpha value is -1.80. The minimum absolute atomic E-state index is 0.196. The SMILES string of the molecule is C=C(CCC)C1=CCOC1CC/C(C)=C/c1ccc(O)cc1. The topological polar surface area (TPSA) is 29.5 Å². The number of aromatic hydroxyl groups is 1. The van der Waals surface area contributed by atoms with Crippen molar-refractivity contribution in [2.45, 2.75) is 45.6 Å². The average Bonchev–Trinajstić information content (AvgIpc) is 2.96. The van der Waals surface area contributed by atoms with E-state index in [2.05, 4.69) is 32.6 Å². The van der Waals surface area contributed by atoms with E-state index in [9.17, 15) is 5.11 Å². The molecule has 0 radical (unpaired) electrons. The highest BCUT2D eigenvalue weighted by Gasteiger charge is 2.21. The summed E-state index contributed by atoms with van der Waals surface area (Å²) in [5.74, 6) is 0.304. The highest BCUT2D eigenvalue weighted by molar-refractivity contribution is 5.53. The third kappa shape index (κ3) is 4.60. The molecule has 1 aromatic carbocycles. The second-order valence-corrected chi connectivity index (χ2v) is 5.96. The largest absolute Gasteiger partial charge is 0.508 e. The summed E-state index contributed by atoms with van der Waals surface area (Å²) in [6, 6.07) is 7.29. The Labute approximate surface area is 133 Å². The van der Waals surface area contributed by atoms with E-state index in [1.54, 1.807) is 12.1 Å². The second kappa shape index (κ2) is 8.00. The normalized spacial score (nSPS) is 18.4. The Bertz CT molecular complexity index is 564. The van der Waals surface area contributed by atoms with Crippen LogP contribution in [-0.2, 0) is 4.74 Å². The average molecular weight is 298 g/mol. The van der Waals surface area contributed by atoms with Crippen molar-refractivity contribution < 1.29 is 9.84 Å². The Kier molecular flexibility index (Phi) is 6.02. The highest BCUT2D eigenvalue weighted by Crippen LogP contribution is 2.28. The van der Waals surface area contributed by atoms with Gasteiger partial charge in [-0.05, 0) is 55.0 Å². The summed E-state index contributed by atoms with van der Waals surface area (Å²) in [7, 11) is 0. The number of phenolic OH excluding ortho intramolecular Hbond substituents is 1. The van der Waals surface area contributed by atoms with Gasteiger partial charge in [0.15, 0.2) is 0 Å². The fraction of sp³-hybridized carbons (Fsp3) is 0.400. The van der Waals surface area contributed by atoms with Gasteiger partial charge >= 0.3 is 0 Å². The Morgan fingerprint density at radius 3 is 2.73 bits per heavy atom. The third-order valence-corrected chi connectivity index (χ3v) is 4.01. The molecule has 1 unspecified atom stereocenters. The molecule has 1 aliphatic rings. The Morgan fingerprint density at radius 1 is 1.32 bits per heavy atom. The molecule has 2 heteroatoms. The maximum absolute atomic E-state index is 9.31. The highest BCUT2D eigenvalue weighted by atomic mass is 16.5. The molecule has 0 saturated carbocycles. The van der Waals surface area contributed by atoms with Crippen molar-refractivity contribution >= 4 is 6.08 Å². The third-order valence-electron chi connectivity index (χ3n) is 4.01. The summed E-state index contributed by atoms with van der Waals surface area (Å²) < 4.78 is 5.84. The van der Waals surface area contributed by atoms with Gasteiger partial charge in [0, 0.05) is 0 Å². The number of ether oxygens (including phenoxy) is 1. The van der Waals surface area contributed by atoms with Crippen LogP contribution in [0.4, 0.5) is 0 Å². The number of hydrogen-bond donors (Lipinski definition) is 1. The van der Waals surface area contributed by atoms with Crippen LogP contribution in [0.3, 0.4) is 0 Å². The zero-order chi connectivity index (χ0) is 15.9. The van der Waals surface area contributed by atoms with E-state index in [0.29, 0.717) is 12.4 Å². The summed E-state index contributed by atoms with van der Waals surface area (Å²) in [6.07, 6.45) is 8.72. The summed E-state index contributed by atoms with van der Waals surface area (Å²) in [6.45, 7) is 9.23. The van der Waals surface area contributed by atoms with Crippen LogP contribution in [0.25, 0.3) is 6.08 Å². The van der Waals surface area contributed by atoms with Gasteiger partial charge in [0.05, 0.1) is 12.7 Å². The first-order chi connectivity index (χ1) is 10.6. The molecule has 1 atom stereocenters. The fourth-order valence-electron chi connectivity index (χ4n) is 2.82. The van der Waals surface area contributed by atoms with Crippen LogP contribution in [0.5, 0.6) is 5.75 Å². The van der Waals surface area contributed by atoms with Crippen LogP contribution in [0.1, 0.15) is 45.1 Å². The maximum Gasteiger partial charge on any atom is 0.115 e. The molecule has 22 heavy (non-hydrogen) atoms. The molecule has 0 spiro atoms. The van der Waals surface area contributed by atoms with Crippen molar-refractivity contribution in [2.24, 2.45) is 0 Å². The van der Waals surface area contributed by atoms with Gasteiger partial charge in [-0.15, -0.1) is 0 Å². The lowest BCUT2D eigenvalue weighted by Gasteiger charge is -2.16. The van der Waals surface area contributed by atoms with Crippen molar-refractivity contribution in [3.8, 4) is 5.75 Å². The molecule has 1 heterocycles. The van der Waals surface area contributed by atoms with E-state index in [0.717, 1.165) is 31.2 Å². The molecule has 1 aliphatic heterocycles. The van der Waals surface area contributed by atoms with Gasteiger partial charge in [-0.2, -0.15) is 0 Å². The van der Waals surface area contributed by atoms with E-state index < -0.39 is 0 Å². The molecule has 2 rings (SSSR count). The predicted molar refractivity (Wildman–Crippen MR) is 92.9 cm³/mol. The number of benzene rings is 1. The van der Waals surface area contributed by atoms with E-state index >= 15 is 0 Å². The molecule has 0 amide bonds. The first-order valence-electron chi connectivity index (χ1n) is 8.06. The number of hydrogen-bond acceptors (Lipinski definition) is 2. The first-order valence-corrected chi connectivity index (χ1v) is 8.06. The maximum atomic E-state index is 9.31. The zero-order valence-corrected chi connectivity index (χ0v) is 13.6. The van der Waals surface area contributed by atoms with Gasteiger partial charge in [0.1, 0.15) is 5.75 Å². The van der Waals surface area contributed by atoms with E-state index in [-0.39, 0.29) is 6.10 Å². The monoisotopic (exact) mass is 298 g/mol. The fourth-order valence-corrected chi connectivity index (χ4v) is 2.82. The lowest BCUT2D eigenvalue weighted by Crippen LogP contribution is -2.11. The molecular formula is C20H26O2. The molecule has 0 aliphatic carbocycles. The standard InChI is InChI=1S/C20H26O2/c1-4-5-16(3)19-12-13-22-20(19)11-6-15(2)14-17-7-9-18(21)10-8-17/h7-10,12,14,20-21H,3-6,11,13H2,1-2H3/b15-14+. The molecule has 0 saturated heterocycles. The molecule has 1 N–H and O–H groups in total. The number of phenols is 1. The summed E-state index contributed by atoms with van der Waals surface area (Å²) >= 11 is 0. The summed E-state index contributed by atoms with van der Waals surface area (Å²) in [5.41, 5.74) is 4.97. The predicted octanol–water partition coefficient (Wildman–Crippen LogP) is 5.26. The molecule has 2 nitrogen and oxygen atoms in total. The zero-order valence-electron chi connectivity index (χ0n) is 13.6. The first kappa shape index (κ1) is 16.6. The Balaban J connectivity index is 1.90. The summed E-state index contributed by atoms with van der Waals surface area (Å²) in [5, 5.41) is 9.31. The molecule has 0 fully saturated rings. The van der Waals surface area contributed by atoms with Crippen molar-refractivity contribution in [2.75, 3.05) is 6.61 Å². The number of allylic oxidation sites excluding steroid dienone is 1. The van der Waals surface area contributed by atoms with Crippen molar-refractivity contribution in [3.63, 3.8) is 0 Å². The van der Waals surface area contributed by atoms with Crippen LogP contribution in [0.2, 0.25) is 0 Å². The van der Waals surface area contributed by atoms with E-state index in [1.807, 2.05) is 12.1 Å². The number of rotatable bonds is 7. The van der Waals surface area contributed by atoms with Gasteiger partial charge in [0.25, 0.3) is 0 Å². The smallest absolute Gasteiger partial charge is 0.115 e. The van der Waals surface area contributed by atoms with Crippen molar-refractivity contribution in [1.82, 2.24) is 0 Å². The second-order valence-electron chi connectivity index (χ2n) is 5.96. The molecule has 0 aromatic heterocycles. The van der Waals surface area contributed by atoms with Gasteiger partial charge < -0.3 is 9.84 Å². The van der Waals surface area contributed by atoms with E-state index in [1.165, 1.54) is 16.7 Å². The Morgan fingerprint density at radius 2 is 2.05 bits per heavy atom. The summed E-state index contributed by atoms with van der Waals surface area (Å²) in [4.78, 5) is 0. The van der Waals surface area contributed by atoms with Crippen LogP contribution >= 0.6 is 0 Å². The minimum atomic E-state index is 0.196. The van der Waals surface area contributed by atoms with Gasteiger partial charge in [-0.25, -0.2) is 0 Å².